The largest absolute Gasteiger partial charge is 0.296 e. The maximum atomic E-state index is 12.7. The molecular weight excluding hydrogens is 370 g/mol. The summed E-state index contributed by atoms with van der Waals surface area (Å²) in [5.74, 6) is 0. The second kappa shape index (κ2) is 7.53. The topological polar surface area (TPSA) is 102 Å². The van der Waals surface area contributed by atoms with Gasteiger partial charge in [-0.25, -0.2) is 13.5 Å². The molecule has 144 valence electrons. The van der Waals surface area contributed by atoms with Crippen LogP contribution in [0.3, 0.4) is 0 Å². The molecule has 2 aromatic rings. The second-order valence-corrected chi connectivity index (χ2v) is 8.16. The molecule has 0 radical (unpaired) electrons. The van der Waals surface area contributed by atoms with E-state index in [1.807, 2.05) is 13.0 Å². The van der Waals surface area contributed by atoms with E-state index in [1.165, 1.54) is 17.2 Å². The fourth-order valence-corrected chi connectivity index (χ4v) is 4.10. The highest BCUT2D eigenvalue weighted by molar-refractivity contribution is 7.92. The number of nitrogens with one attached hydrogen (secondary N) is 1. The normalized spacial score (nSPS) is 14.8. The minimum Gasteiger partial charge on any atom is -0.279 e. The van der Waals surface area contributed by atoms with Gasteiger partial charge in [0, 0.05) is 12.6 Å². The summed E-state index contributed by atoms with van der Waals surface area (Å²) in [6.45, 7) is 4.71. The molecular formula is C18H21N3O5S. The van der Waals surface area contributed by atoms with Crippen LogP contribution in [0.15, 0.2) is 41.3 Å². The number of hydroxylamine groups is 1. The number of anilines is 2. The van der Waals surface area contributed by atoms with Crippen molar-refractivity contribution in [1.29, 1.82) is 0 Å². The molecule has 1 saturated heterocycles. The van der Waals surface area contributed by atoms with Gasteiger partial charge in [-0.15, -0.1) is 0 Å². The Balaban J connectivity index is 1.95. The molecule has 0 aliphatic carbocycles. The molecule has 0 unspecified atom stereocenters. The van der Waals surface area contributed by atoms with Crippen LogP contribution >= 0.6 is 0 Å². The van der Waals surface area contributed by atoms with Crippen LogP contribution in [-0.4, -0.2) is 26.5 Å². The molecule has 3 rings (SSSR count). The number of nitro groups is 1. The molecule has 1 heterocycles. The van der Waals surface area contributed by atoms with E-state index in [2.05, 4.69) is 4.72 Å². The van der Waals surface area contributed by atoms with E-state index in [9.17, 15) is 18.5 Å². The molecule has 1 aliphatic heterocycles. The SMILES string of the molecule is Cc1ccc(NS(=O)(=O)c2ccc(N3CCCCO3)c([N+](=O)[O-])c2)c(C)c1. The molecule has 1 fully saturated rings. The fraction of sp³-hybridized carbons (Fsp3) is 0.333. The number of rotatable bonds is 5. The molecule has 0 amide bonds. The lowest BCUT2D eigenvalue weighted by atomic mass is 10.1. The van der Waals surface area contributed by atoms with Crippen LogP contribution in [0.25, 0.3) is 0 Å². The van der Waals surface area contributed by atoms with E-state index < -0.39 is 14.9 Å². The monoisotopic (exact) mass is 391 g/mol. The van der Waals surface area contributed by atoms with Gasteiger partial charge in [0.15, 0.2) is 0 Å². The van der Waals surface area contributed by atoms with E-state index in [1.54, 1.807) is 19.1 Å². The Bertz CT molecular complexity index is 969. The van der Waals surface area contributed by atoms with Crippen LogP contribution < -0.4 is 9.79 Å². The molecule has 0 saturated carbocycles. The maximum absolute atomic E-state index is 12.7. The summed E-state index contributed by atoms with van der Waals surface area (Å²) in [5.41, 5.74) is 2.17. The molecule has 9 heteroatoms. The Morgan fingerprint density at radius 1 is 1.15 bits per heavy atom. The van der Waals surface area contributed by atoms with E-state index in [0.717, 1.165) is 30.0 Å². The van der Waals surface area contributed by atoms with Crippen LogP contribution in [0.4, 0.5) is 17.1 Å². The van der Waals surface area contributed by atoms with Crippen LogP contribution in [-0.2, 0) is 14.9 Å². The number of nitrogens with zero attached hydrogens (tertiary/aromatic N) is 2. The minimum absolute atomic E-state index is 0.171. The first-order chi connectivity index (χ1) is 12.8. The molecule has 1 N–H and O–H groups in total. The molecule has 0 bridgehead atoms. The second-order valence-electron chi connectivity index (χ2n) is 6.47. The van der Waals surface area contributed by atoms with Gasteiger partial charge in [-0.1, -0.05) is 17.7 Å². The highest BCUT2D eigenvalue weighted by Gasteiger charge is 2.26. The number of aryl methyl sites for hydroxylation is 2. The summed E-state index contributed by atoms with van der Waals surface area (Å²) in [6, 6.07) is 9.17. The van der Waals surface area contributed by atoms with Gasteiger partial charge in [-0.3, -0.25) is 19.7 Å². The zero-order valence-corrected chi connectivity index (χ0v) is 16.0. The summed E-state index contributed by atoms with van der Waals surface area (Å²) in [7, 11) is -3.97. The van der Waals surface area contributed by atoms with E-state index >= 15 is 0 Å². The van der Waals surface area contributed by atoms with Gasteiger partial charge in [0.25, 0.3) is 15.7 Å². The minimum atomic E-state index is -3.97. The highest BCUT2D eigenvalue weighted by Crippen LogP contribution is 2.33. The molecule has 27 heavy (non-hydrogen) atoms. The summed E-state index contributed by atoms with van der Waals surface area (Å²) in [4.78, 5) is 16.2. The summed E-state index contributed by atoms with van der Waals surface area (Å²) >= 11 is 0. The lowest BCUT2D eigenvalue weighted by Gasteiger charge is -2.27. The molecule has 8 nitrogen and oxygen atoms in total. The van der Waals surface area contributed by atoms with Crippen molar-refractivity contribution in [3.63, 3.8) is 0 Å². The average molecular weight is 391 g/mol. The highest BCUT2D eigenvalue weighted by atomic mass is 32.2. The zero-order valence-electron chi connectivity index (χ0n) is 15.1. The predicted octanol–water partition coefficient (Wildman–Crippen LogP) is 3.54. The van der Waals surface area contributed by atoms with Crippen molar-refractivity contribution in [3.05, 3.63) is 57.6 Å². The first-order valence-corrected chi connectivity index (χ1v) is 10.1. The van der Waals surface area contributed by atoms with Crippen LogP contribution in [0.2, 0.25) is 0 Å². The molecule has 0 spiro atoms. The average Bonchev–Trinajstić information content (AvgIpc) is 2.64. The van der Waals surface area contributed by atoms with Gasteiger partial charge < -0.3 is 0 Å². The fourth-order valence-electron chi connectivity index (χ4n) is 2.95. The van der Waals surface area contributed by atoms with Crippen LogP contribution in [0.5, 0.6) is 0 Å². The Morgan fingerprint density at radius 3 is 2.56 bits per heavy atom. The first-order valence-electron chi connectivity index (χ1n) is 8.57. The lowest BCUT2D eigenvalue weighted by molar-refractivity contribution is -0.384. The van der Waals surface area contributed by atoms with Gasteiger partial charge in [0.1, 0.15) is 5.69 Å². The van der Waals surface area contributed by atoms with E-state index in [4.69, 9.17) is 4.84 Å². The predicted molar refractivity (Wildman–Crippen MR) is 102 cm³/mol. The van der Waals surface area contributed by atoms with Crippen molar-refractivity contribution in [2.24, 2.45) is 0 Å². The molecule has 2 aromatic carbocycles. The smallest absolute Gasteiger partial charge is 0.279 e. The van der Waals surface area contributed by atoms with Crippen molar-refractivity contribution in [1.82, 2.24) is 0 Å². The number of hydrogen-bond acceptors (Lipinski definition) is 6. The third kappa shape index (κ3) is 4.20. The Hall–Kier alpha value is -2.65. The number of sulfonamides is 1. The third-order valence-electron chi connectivity index (χ3n) is 4.35. The summed E-state index contributed by atoms with van der Waals surface area (Å²) in [5, 5.41) is 13.0. The van der Waals surface area contributed by atoms with Crippen LogP contribution in [0.1, 0.15) is 24.0 Å². The van der Waals surface area contributed by atoms with Crippen LogP contribution in [0, 0.1) is 24.0 Å². The third-order valence-corrected chi connectivity index (χ3v) is 5.71. The van der Waals surface area contributed by atoms with Crippen molar-refractivity contribution < 1.29 is 18.2 Å². The van der Waals surface area contributed by atoms with E-state index in [-0.39, 0.29) is 16.3 Å². The van der Waals surface area contributed by atoms with Crippen molar-refractivity contribution >= 4 is 27.1 Å². The Labute approximate surface area is 157 Å². The number of hydrogen-bond donors (Lipinski definition) is 1. The molecule has 1 aliphatic rings. The zero-order chi connectivity index (χ0) is 19.6. The van der Waals surface area contributed by atoms with Gasteiger partial charge in [-0.05, 0) is 50.5 Å². The van der Waals surface area contributed by atoms with Gasteiger partial charge in [0.05, 0.1) is 22.1 Å². The van der Waals surface area contributed by atoms with Gasteiger partial charge in [-0.2, -0.15) is 0 Å². The lowest BCUT2D eigenvalue weighted by Crippen LogP contribution is -2.30. The number of nitro benzene ring substituents is 1. The van der Waals surface area contributed by atoms with Gasteiger partial charge in [0.2, 0.25) is 0 Å². The Morgan fingerprint density at radius 2 is 1.93 bits per heavy atom. The van der Waals surface area contributed by atoms with Crippen molar-refractivity contribution in [2.45, 2.75) is 31.6 Å². The summed E-state index contributed by atoms with van der Waals surface area (Å²) < 4.78 is 27.9. The van der Waals surface area contributed by atoms with Crippen molar-refractivity contribution in [2.75, 3.05) is 22.9 Å². The number of benzene rings is 2. The Kier molecular flexibility index (Phi) is 5.33. The standard InChI is InChI=1S/C18H21N3O5S/c1-13-5-7-16(14(2)11-13)19-27(24,25)15-6-8-17(18(12-15)21(22)23)20-9-3-4-10-26-20/h5-8,11-12,19H,3-4,9-10H2,1-2H3. The molecule has 0 atom stereocenters. The summed E-state index contributed by atoms with van der Waals surface area (Å²) in [6.07, 6.45) is 1.74. The van der Waals surface area contributed by atoms with E-state index in [0.29, 0.717) is 18.8 Å². The maximum Gasteiger partial charge on any atom is 0.296 e. The quantitative estimate of drug-likeness (QED) is 0.618. The van der Waals surface area contributed by atoms with Gasteiger partial charge >= 0.3 is 0 Å². The molecule has 0 aromatic heterocycles. The first kappa shape index (κ1) is 19.1. The van der Waals surface area contributed by atoms with Crippen molar-refractivity contribution in [3.8, 4) is 0 Å².